The van der Waals surface area contributed by atoms with E-state index in [4.69, 9.17) is 9.57 Å². The molecule has 18 heavy (non-hydrogen) atoms. The third-order valence-corrected chi connectivity index (χ3v) is 4.21. The van der Waals surface area contributed by atoms with Crippen molar-refractivity contribution in [2.45, 2.75) is 58.2 Å². The second-order valence-electron chi connectivity index (χ2n) is 5.41. The van der Waals surface area contributed by atoms with Crippen LogP contribution in [-0.4, -0.2) is 25.5 Å². The number of ether oxygens (including phenoxy) is 1. The molecule has 1 atom stereocenters. The Morgan fingerprint density at radius 1 is 1.39 bits per heavy atom. The number of carbonyl (C=O) groups excluding carboxylic acids is 1. The van der Waals surface area contributed by atoms with Crippen LogP contribution in [0.2, 0.25) is 0 Å². The zero-order valence-electron chi connectivity index (χ0n) is 11.2. The zero-order chi connectivity index (χ0) is 12.8. The Morgan fingerprint density at radius 3 is 2.78 bits per heavy atom. The van der Waals surface area contributed by atoms with Gasteiger partial charge < -0.3 is 10.1 Å². The van der Waals surface area contributed by atoms with Gasteiger partial charge in [0.15, 0.2) is 6.29 Å². The quantitative estimate of drug-likeness (QED) is 0.742. The van der Waals surface area contributed by atoms with Crippen LogP contribution < -0.4 is 10.8 Å². The van der Waals surface area contributed by atoms with Crippen LogP contribution in [-0.2, 0) is 9.57 Å². The Labute approximate surface area is 109 Å². The fraction of sp³-hybridized carbons (Fsp3) is 0.923. The Morgan fingerprint density at radius 2 is 2.22 bits per heavy atom. The summed E-state index contributed by atoms with van der Waals surface area (Å²) in [5, 5.41) is 2.89. The molecule has 0 aromatic heterocycles. The zero-order valence-corrected chi connectivity index (χ0v) is 11.2. The molecule has 1 aliphatic heterocycles. The SMILES string of the molecule is CCC1(CNC(=O)NO[C@H]2CCCCO2)CCC1. The molecule has 2 fully saturated rings. The Bertz CT molecular complexity index is 268. The van der Waals surface area contributed by atoms with Crippen molar-refractivity contribution in [1.29, 1.82) is 0 Å². The molecular formula is C13H24N2O3. The molecule has 2 amide bonds. The number of amides is 2. The summed E-state index contributed by atoms with van der Waals surface area (Å²) < 4.78 is 5.36. The van der Waals surface area contributed by atoms with E-state index in [0.29, 0.717) is 12.0 Å². The first-order valence-corrected chi connectivity index (χ1v) is 7.05. The van der Waals surface area contributed by atoms with Crippen LogP contribution in [0.1, 0.15) is 51.9 Å². The van der Waals surface area contributed by atoms with Crippen LogP contribution in [0.25, 0.3) is 0 Å². The number of hydrogen-bond acceptors (Lipinski definition) is 3. The normalized spacial score (nSPS) is 26.2. The number of rotatable bonds is 5. The maximum Gasteiger partial charge on any atom is 0.338 e. The fourth-order valence-corrected chi connectivity index (χ4v) is 2.56. The van der Waals surface area contributed by atoms with Crippen molar-refractivity contribution in [2.75, 3.05) is 13.2 Å². The predicted octanol–water partition coefficient (Wildman–Crippen LogP) is 2.32. The minimum absolute atomic E-state index is 0.260. The first-order chi connectivity index (χ1) is 8.74. The third kappa shape index (κ3) is 3.59. The molecule has 5 heteroatoms. The van der Waals surface area contributed by atoms with Crippen molar-refractivity contribution >= 4 is 6.03 Å². The lowest BCUT2D eigenvalue weighted by Gasteiger charge is -2.41. The average Bonchev–Trinajstić information content (AvgIpc) is 2.37. The molecule has 1 aliphatic carbocycles. The van der Waals surface area contributed by atoms with Gasteiger partial charge in [0.05, 0.1) is 0 Å². The van der Waals surface area contributed by atoms with Gasteiger partial charge in [0.25, 0.3) is 0 Å². The standard InChI is InChI=1S/C13H24N2O3/c1-2-13(7-5-8-13)10-14-12(16)15-18-11-6-3-4-9-17-11/h11H,2-10H2,1H3,(H2,14,15,16)/t11-/m0/s1. The van der Waals surface area contributed by atoms with Crippen molar-refractivity contribution in [3.63, 3.8) is 0 Å². The lowest BCUT2D eigenvalue weighted by Crippen LogP contribution is -2.46. The van der Waals surface area contributed by atoms with Crippen LogP contribution in [0.5, 0.6) is 0 Å². The number of hydroxylamine groups is 1. The van der Waals surface area contributed by atoms with Gasteiger partial charge >= 0.3 is 6.03 Å². The van der Waals surface area contributed by atoms with Gasteiger partial charge in [-0.3, -0.25) is 0 Å². The molecule has 0 bridgehead atoms. The van der Waals surface area contributed by atoms with Crippen LogP contribution in [0.3, 0.4) is 0 Å². The maximum atomic E-state index is 11.6. The van der Waals surface area contributed by atoms with Crippen molar-refractivity contribution in [2.24, 2.45) is 5.41 Å². The molecule has 1 saturated heterocycles. The number of urea groups is 1. The van der Waals surface area contributed by atoms with E-state index in [1.807, 2.05) is 0 Å². The molecule has 0 radical (unpaired) electrons. The highest BCUT2D eigenvalue weighted by atomic mass is 16.8. The van der Waals surface area contributed by atoms with E-state index in [-0.39, 0.29) is 12.3 Å². The van der Waals surface area contributed by atoms with Crippen molar-refractivity contribution in [1.82, 2.24) is 10.8 Å². The number of carbonyl (C=O) groups is 1. The van der Waals surface area contributed by atoms with Gasteiger partial charge in [-0.1, -0.05) is 13.3 Å². The Balaban J connectivity index is 1.59. The number of hydrogen-bond donors (Lipinski definition) is 2. The summed E-state index contributed by atoms with van der Waals surface area (Å²) in [6.07, 6.45) is 7.57. The Hall–Kier alpha value is -0.810. The predicted molar refractivity (Wildman–Crippen MR) is 67.8 cm³/mol. The van der Waals surface area contributed by atoms with E-state index in [2.05, 4.69) is 17.7 Å². The molecule has 0 aromatic carbocycles. The van der Waals surface area contributed by atoms with E-state index >= 15 is 0 Å². The third-order valence-electron chi connectivity index (χ3n) is 4.21. The second kappa shape index (κ2) is 6.38. The van der Waals surface area contributed by atoms with Gasteiger partial charge in [-0.05, 0) is 37.5 Å². The molecule has 0 spiro atoms. The van der Waals surface area contributed by atoms with Gasteiger partial charge in [-0.25, -0.2) is 15.1 Å². The summed E-state index contributed by atoms with van der Waals surface area (Å²) in [7, 11) is 0. The largest absolute Gasteiger partial charge is 0.350 e. The van der Waals surface area contributed by atoms with Gasteiger partial charge in [0, 0.05) is 19.6 Å². The van der Waals surface area contributed by atoms with Crippen molar-refractivity contribution in [3.8, 4) is 0 Å². The van der Waals surface area contributed by atoms with Crippen LogP contribution >= 0.6 is 0 Å². The number of nitrogens with one attached hydrogen (secondary N) is 2. The van der Waals surface area contributed by atoms with Crippen LogP contribution in [0.15, 0.2) is 0 Å². The van der Waals surface area contributed by atoms with Gasteiger partial charge in [-0.2, -0.15) is 0 Å². The fourth-order valence-electron chi connectivity index (χ4n) is 2.56. The minimum atomic E-state index is -0.284. The molecule has 2 N–H and O–H groups in total. The maximum absolute atomic E-state index is 11.6. The first kappa shape index (κ1) is 13.6. The van der Waals surface area contributed by atoms with E-state index < -0.39 is 0 Å². The summed E-state index contributed by atoms with van der Waals surface area (Å²) in [6, 6.07) is -0.260. The van der Waals surface area contributed by atoms with Crippen molar-refractivity contribution in [3.05, 3.63) is 0 Å². The lowest BCUT2D eigenvalue weighted by molar-refractivity contribution is -0.186. The van der Waals surface area contributed by atoms with Gasteiger partial charge in [-0.15, -0.1) is 0 Å². The molecule has 0 unspecified atom stereocenters. The molecule has 0 aromatic rings. The minimum Gasteiger partial charge on any atom is -0.350 e. The summed E-state index contributed by atoms with van der Waals surface area (Å²) in [5.74, 6) is 0. The molecule has 2 aliphatic rings. The van der Waals surface area contributed by atoms with Crippen LogP contribution in [0.4, 0.5) is 4.79 Å². The summed E-state index contributed by atoms with van der Waals surface area (Å²) in [4.78, 5) is 16.8. The van der Waals surface area contributed by atoms with Gasteiger partial charge in [0.2, 0.25) is 0 Å². The highest BCUT2D eigenvalue weighted by molar-refractivity contribution is 5.72. The monoisotopic (exact) mass is 256 g/mol. The summed E-state index contributed by atoms with van der Waals surface area (Å²) in [5.41, 5.74) is 2.75. The Kier molecular flexibility index (Phi) is 4.83. The van der Waals surface area contributed by atoms with E-state index in [1.54, 1.807) is 0 Å². The molecular weight excluding hydrogens is 232 g/mol. The first-order valence-electron chi connectivity index (χ1n) is 7.05. The molecule has 1 heterocycles. The van der Waals surface area contributed by atoms with Gasteiger partial charge in [0.1, 0.15) is 0 Å². The summed E-state index contributed by atoms with van der Waals surface area (Å²) >= 11 is 0. The molecule has 1 saturated carbocycles. The van der Waals surface area contributed by atoms with E-state index in [0.717, 1.165) is 32.2 Å². The molecule has 5 nitrogen and oxygen atoms in total. The lowest BCUT2D eigenvalue weighted by atomic mass is 9.67. The smallest absolute Gasteiger partial charge is 0.338 e. The summed E-state index contributed by atoms with van der Waals surface area (Å²) in [6.45, 7) is 3.64. The second-order valence-corrected chi connectivity index (χ2v) is 5.41. The molecule has 2 rings (SSSR count). The van der Waals surface area contributed by atoms with Crippen LogP contribution in [0, 0.1) is 5.41 Å². The van der Waals surface area contributed by atoms with E-state index in [9.17, 15) is 4.79 Å². The average molecular weight is 256 g/mol. The highest BCUT2D eigenvalue weighted by Crippen LogP contribution is 2.42. The topological polar surface area (TPSA) is 59.6 Å². The van der Waals surface area contributed by atoms with E-state index in [1.165, 1.54) is 19.3 Å². The van der Waals surface area contributed by atoms with Crippen molar-refractivity contribution < 1.29 is 14.4 Å². The highest BCUT2D eigenvalue weighted by Gasteiger charge is 2.35. The molecule has 104 valence electrons.